The van der Waals surface area contributed by atoms with Crippen molar-refractivity contribution < 1.29 is 13.2 Å². The molecule has 0 unspecified atom stereocenters. The molecule has 1 aliphatic heterocycles. The molecule has 0 aliphatic carbocycles. The number of ether oxygens (including phenoxy) is 1. The smallest absolute Gasteiger partial charge is 0.200 e. The molecule has 4 nitrogen and oxygen atoms in total. The van der Waals surface area contributed by atoms with Gasteiger partial charge >= 0.3 is 0 Å². The summed E-state index contributed by atoms with van der Waals surface area (Å²) in [5.74, 6) is 0.705. The molecule has 0 bridgehead atoms. The SMILES string of the molecule is Cc1cccc(OCC2=CS(=O)(=O)c3cccc(N)c32)c1. The van der Waals surface area contributed by atoms with E-state index in [1.165, 1.54) is 5.41 Å². The van der Waals surface area contributed by atoms with Crippen LogP contribution in [0.25, 0.3) is 5.57 Å². The van der Waals surface area contributed by atoms with Gasteiger partial charge in [0.25, 0.3) is 0 Å². The molecule has 0 atom stereocenters. The first-order chi connectivity index (χ1) is 9.97. The molecular weight excluding hydrogens is 286 g/mol. The minimum atomic E-state index is -3.41. The van der Waals surface area contributed by atoms with Crippen molar-refractivity contribution in [2.45, 2.75) is 11.8 Å². The molecule has 2 N–H and O–H groups in total. The van der Waals surface area contributed by atoms with Crippen molar-refractivity contribution in [3.63, 3.8) is 0 Å². The Balaban J connectivity index is 1.91. The summed E-state index contributed by atoms with van der Waals surface area (Å²) < 4.78 is 29.9. The molecule has 1 heterocycles. The lowest BCUT2D eigenvalue weighted by Gasteiger charge is -2.10. The molecule has 21 heavy (non-hydrogen) atoms. The lowest BCUT2D eigenvalue weighted by molar-refractivity contribution is 0.369. The van der Waals surface area contributed by atoms with Crippen LogP contribution in [0.15, 0.2) is 52.8 Å². The third kappa shape index (κ3) is 2.52. The topological polar surface area (TPSA) is 69.4 Å². The van der Waals surface area contributed by atoms with Crippen molar-refractivity contribution in [2.75, 3.05) is 12.3 Å². The molecule has 0 spiro atoms. The Morgan fingerprint density at radius 3 is 2.67 bits per heavy atom. The number of aryl methyl sites for hydroxylation is 1. The Morgan fingerprint density at radius 2 is 1.90 bits per heavy atom. The van der Waals surface area contributed by atoms with Crippen LogP contribution in [0.5, 0.6) is 5.75 Å². The normalized spacial score (nSPS) is 15.4. The molecule has 0 saturated carbocycles. The summed E-state index contributed by atoms with van der Waals surface area (Å²) in [7, 11) is -3.41. The lowest BCUT2D eigenvalue weighted by atomic mass is 10.1. The summed E-state index contributed by atoms with van der Waals surface area (Å²) in [5.41, 5.74) is 8.60. The second-order valence-electron chi connectivity index (χ2n) is 5.01. The zero-order chi connectivity index (χ0) is 15.0. The zero-order valence-electron chi connectivity index (χ0n) is 11.5. The van der Waals surface area contributed by atoms with Crippen LogP contribution in [0.3, 0.4) is 0 Å². The maximum absolute atomic E-state index is 12.1. The van der Waals surface area contributed by atoms with Gasteiger partial charge in [-0.05, 0) is 36.8 Å². The second-order valence-corrected chi connectivity index (χ2v) is 6.78. The van der Waals surface area contributed by atoms with Gasteiger partial charge < -0.3 is 10.5 Å². The average Bonchev–Trinajstić information content (AvgIpc) is 2.69. The quantitative estimate of drug-likeness (QED) is 0.885. The van der Waals surface area contributed by atoms with Gasteiger partial charge in [0.05, 0.1) is 4.90 Å². The zero-order valence-corrected chi connectivity index (χ0v) is 12.4. The minimum absolute atomic E-state index is 0.171. The Labute approximate surface area is 123 Å². The fourth-order valence-corrected chi connectivity index (χ4v) is 3.90. The molecule has 108 valence electrons. The van der Waals surface area contributed by atoms with Gasteiger partial charge in [0.2, 0.25) is 9.84 Å². The van der Waals surface area contributed by atoms with Gasteiger partial charge in [-0.25, -0.2) is 8.42 Å². The minimum Gasteiger partial charge on any atom is -0.489 e. The van der Waals surface area contributed by atoms with Crippen LogP contribution in [0.4, 0.5) is 5.69 Å². The highest BCUT2D eigenvalue weighted by Gasteiger charge is 2.28. The Morgan fingerprint density at radius 1 is 1.14 bits per heavy atom. The summed E-state index contributed by atoms with van der Waals surface area (Å²) in [6.45, 7) is 2.14. The van der Waals surface area contributed by atoms with Crippen LogP contribution in [-0.4, -0.2) is 15.0 Å². The average molecular weight is 301 g/mol. The molecule has 2 aromatic rings. The van der Waals surface area contributed by atoms with Gasteiger partial charge in [-0.1, -0.05) is 18.2 Å². The van der Waals surface area contributed by atoms with E-state index in [0.717, 1.165) is 5.56 Å². The van der Waals surface area contributed by atoms with Crippen LogP contribution in [0.1, 0.15) is 11.1 Å². The highest BCUT2D eigenvalue weighted by molar-refractivity contribution is 7.95. The lowest BCUT2D eigenvalue weighted by Crippen LogP contribution is -2.02. The van der Waals surface area contributed by atoms with E-state index in [-0.39, 0.29) is 11.5 Å². The number of benzene rings is 2. The molecule has 3 rings (SSSR count). The third-order valence-corrected chi connectivity index (χ3v) is 4.92. The molecule has 0 saturated heterocycles. The molecule has 0 radical (unpaired) electrons. The maximum Gasteiger partial charge on any atom is 0.200 e. The first-order valence-electron chi connectivity index (χ1n) is 6.51. The van der Waals surface area contributed by atoms with Crippen LogP contribution >= 0.6 is 0 Å². The van der Waals surface area contributed by atoms with Gasteiger partial charge in [0, 0.05) is 22.2 Å². The summed E-state index contributed by atoms with van der Waals surface area (Å²) in [6, 6.07) is 12.5. The Bertz CT molecular complexity index is 838. The van der Waals surface area contributed by atoms with Gasteiger partial charge in [0.15, 0.2) is 0 Å². The monoisotopic (exact) mass is 301 g/mol. The number of sulfone groups is 1. The molecule has 0 amide bonds. The largest absolute Gasteiger partial charge is 0.489 e. The summed E-state index contributed by atoms with van der Waals surface area (Å²) in [4.78, 5) is 0.255. The Hall–Kier alpha value is -2.27. The van der Waals surface area contributed by atoms with Gasteiger partial charge in [-0.15, -0.1) is 0 Å². The van der Waals surface area contributed by atoms with Crippen LogP contribution < -0.4 is 10.5 Å². The highest BCUT2D eigenvalue weighted by Crippen LogP contribution is 2.37. The predicted molar refractivity (Wildman–Crippen MR) is 82.7 cm³/mol. The Kier molecular flexibility index (Phi) is 3.22. The van der Waals surface area contributed by atoms with Gasteiger partial charge in [-0.2, -0.15) is 0 Å². The fourth-order valence-electron chi connectivity index (χ4n) is 2.41. The van der Waals surface area contributed by atoms with E-state index in [0.29, 0.717) is 22.6 Å². The number of hydrogen-bond acceptors (Lipinski definition) is 4. The van der Waals surface area contributed by atoms with Crippen molar-refractivity contribution in [1.82, 2.24) is 0 Å². The van der Waals surface area contributed by atoms with Crippen molar-refractivity contribution in [2.24, 2.45) is 0 Å². The number of rotatable bonds is 3. The molecule has 2 aromatic carbocycles. The van der Waals surface area contributed by atoms with Gasteiger partial charge in [0.1, 0.15) is 12.4 Å². The van der Waals surface area contributed by atoms with Crippen molar-refractivity contribution in [3.05, 3.63) is 59.0 Å². The summed E-state index contributed by atoms with van der Waals surface area (Å²) in [6.07, 6.45) is 0. The molecular formula is C16H15NO3S. The third-order valence-electron chi connectivity index (χ3n) is 3.37. The summed E-state index contributed by atoms with van der Waals surface area (Å²) >= 11 is 0. The number of fused-ring (bicyclic) bond motifs is 1. The van der Waals surface area contributed by atoms with Crippen LogP contribution in [-0.2, 0) is 9.84 Å². The van der Waals surface area contributed by atoms with E-state index in [9.17, 15) is 8.42 Å². The first-order valence-corrected chi connectivity index (χ1v) is 8.06. The van der Waals surface area contributed by atoms with Crippen molar-refractivity contribution in [1.29, 1.82) is 0 Å². The first kappa shape index (κ1) is 13.7. The number of hydrogen-bond donors (Lipinski definition) is 1. The highest BCUT2D eigenvalue weighted by atomic mass is 32.2. The molecule has 1 aliphatic rings. The standard InChI is InChI=1S/C16H15NO3S/c1-11-4-2-5-13(8-11)20-9-12-10-21(18,19)15-7-3-6-14(17)16(12)15/h2-8,10H,9,17H2,1H3. The van der Waals surface area contributed by atoms with Crippen molar-refractivity contribution >= 4 is 21.1 Å². The van der Waals surface area contributed by atoms with Crippen LogP contribution in [0.2, 0.25) is 0 Å². The van der Waals surface area contributed by atoms with E-state index in [1.54, 1.807) is 18.2 Å². The maximum atomic E-state index is 12.1. The number of nitrogens with two attached hydrogens (primary N) is 1. The summed E-state index contributed by atoms with van der Waals surface area (Å²) in [5, 5.41) is 1.24. The number of nitrogen functional groups attached to an aromatic ring is 1. The van der Waals surface area contributed by atoms with E-state index < -0.39 is 9.84 Å². The predicted octanol–water partition coefficient (Wildman–Crippen LogP) is 2.78. The fraction of sp³-hybridized carbons (Fsp3) is 0.125. The van der Waals surface area contributed by atoms with E-state index >= 15 is 0 Å². The molecule has 0 fully saturated rings. The van der Waals surface area contributed by atoms with E-state index in [2.05, 4.69) is 0 Å². The molecule has 5 heteroatoms. The van der Waals surface area contributed by atoms with Crippen LogP contribution in [0, 0.1) is 6.92 Å². The van der Waals surface area contributed by atoms with Gasteiger partial charge in [-0.3, -0.25) is 0 Å². The number of anilines is 1. The van der Waals surface area contributed by atoms with E-state index in [1.807, 2.05) is 31.2 Å². The molecule has 0 aromatic heterocycles. The van der Waals surface area contributed by atoms with E-state index in [4.69, 9.17) is 10.5 Å². The van der Waals surface area contributed by atoms with Crippen molar-refractivity contribution in [3.8, 4) is 5.75 Å². The second kappa shape index (κ2) is 4.93.